The van der Waals surface area contributed by atoms with E-state index in [0.29, 0.717) is 6.61 Å². The van der Waals surface area contributed by atoms with Crippen LogP contribution in [0, 0.1) is 5.92 Å². The van der Waals surface area contributed by atoms with Crippen LogP contribution in [-0.4, -0.2) is 49.2 Å². The van der Waals surface area contributed by atoms with Gasteiger partial charge in [0.1, 0.15) is 18.1 Å². The van der Waals surface area contributed by atoms with E-state index >= 15 is 0 Å². The third-order valence-corrected chi connectivity index (χ3v) is 4.92. The maximum Gasteiger partial charge on any atom is 0.167 e. The fourth-order valence-corrected chi connectivity index (χ4v) is 3.54. The van der Waals surface area contributed by atoms with Gasteiger partial charge in [-0.2, -0.15) is 0 Å². The number of hydrogen-bond acceptors (Lipinski definition) is 5. The summed E-state index contributed by atoms with van der Waals surface area (Å²) in [6.07, 6.45) is 1.96. The summed E-state index contributed by atoms with van der Waals surface area (Å²) >= 11 is 0. The van der Waals surface area contributed by atoms with E-state index in [-0.39, 0.29) is 18.3 Å². The molecule has 0 bridgehead atoms. The summed E-state index contributed by atoms with van der Waals surface area (Å²) < 4.78 is 10.6. The summed E-state index contributed by atoms with van der Waals surface area (Å²) in [5.74, 6) is 1.71. The Labute approximate surface area is 160 Å². The van der Waals surface area contributed by atoms with Crippen molar-refractivity contribution < 1.29 is 19.4 Å². The van der Waals surface area contributed by atoms with Crippen LogP contribution in [0.3, 0.4) is 0 Å². The van der Waals surface area contributed by atoms with Crippen LogP contribution in [0.1, 0.15) is 28.8 Å². The molecule has 5 heteroatoms. The highest BCUT2D eigenvalue weighted by atomic mass is 16.5. The first-order chi connectivity index (χ1) is 13.2. The molecule has 2 aromatic rings. The van der Waals surface area contributed by atoms with E-state index in [1.807, 2.05) is 48.5 Å². The van der Waals surface area contributed by atoms with Crippen molar-refractivity contribution in [3.05, 3.63) is 59.7 Å². The first kappa shape index (κ1) is 19.4. The van der Waals surface area contributed by atoms with Gasteiger partial charge in [0.2, 0.25) is 0 Å². The normalized spacial score (nSPS) is 17.5. The zero-order chi connectivity index (χ0) is 19.1. The molecule has 0 unspecified atom stereocenters. The Morgan fingerprint density at radius 1 is 1.19 bits per heavy atom. The van der Waals surface area contributed by atoms with Crippen molar-refractivity contribution in [1.82, 2.24) is 4.90 Å². The Morgan fingerprint density at radius 3 is 2.74 bits per heavy atom. The number of Topliss-reactive ketones (excluding diaryl/α,β-unsaturated/α-hetero) is 1. The van der Waals surface area contributed by atoms with Gasteiger partial charge in [-0.3, -0.25) is 9.69 Å². The van der Waals surface area contributed by atoms with Crippen molar-refractivity contribution in [2.24, 2.45) is 5.92 Å². The standard InChI is InChI=1S/C22H27NO4/c1-26-21-6-2-4-18(14-21)22(25)19-5-3-11-23(16-19)15-17-7-9-20(10-8-17)27-13-12-24/h2,4,6-10,14,19,24H,3,5,11-13,15-16H2,1H3/t19-/m1/s1. The minimum absolute atomic E-state index is 0.0121. The number of ketones is 1. The van der Waals surface area contributed by atoms with Crippen molar-refractivity contribution in [3.63, 3.8) is 0 Å². The summed E-state index contributed by atoms with van der Waals surface area (Å²) in [7, 11) is 1.62. The van der Waals surface area contributed by atoms with Gasteiger partial charge in [-0.15, -0.1) is 0 Å². The number of nitrogens with zero attached hydrogens (tertiary/aromatic N) is 1. The van der Waals surface area contributed by atoms with Crippen molar-refractivity contribution in [2.45, 2.75) is 19.4 Å². The molecule has 1 heterocycles. The molecule has 0 saturated carbocycles. The van der Waals surface area contributed by atoms with E-state index in [1.54, 1.807) is 7.11 Å². The number of ether oxygens (including phenoxy) is 2. The van der Waals surface area contributed by atoms with Gasteiger partial charge >= 0.3 is 0 Å². The number of aliphatic hydroxyl groups is 1. The number of piperidine rings is 1. The van der Waals surface area contributed by atoms with Crippen LogP contribution in [-0.2, 0) is 6.54 Å². The van der Waals surface area contributed by atoms with Crippen LogP contribution in [0.15, 0.2) is 48.5 Å². The van der Waals surface area contributed by atoms with E-state index in [2.05, 4.69) is 4.90 Å². The van der Waals surface area contributed by atoms with Gasteiger partial charge in [0.15, 0.2) is 5.78 Å². The second-order valence-corrected chi connectivity index (χ2v) is 6.89. The minimum atomic E-state index is 0.0121. The molecule has 1 fully saturated rings. The third-order valence-electron chi connectivity index (χ3n) is 4.92. The molecule has 0 aromatic heterocycles. The van der Waals surface area contributed by atoms with Crippen LogP contribution < -0.4 is 9.47 Å². The SMILES string of the molecule is COc1cccc(C(=O)[C@@H]2CCCN(Cc3ccc(OCCO)cc3)C2)c1. The number of carbonyl (C=O) groups excluding carboxylic acids is 1. The summed E-state index contributed by atoms with van der Waals surface area (Å²) in [5.41, 5.74) is 1.92. The van der Waals surface area contributed by atoms with E-state index < -0.39 is 0 Å². The molecule has 1 aliphatic rings. The van der Waals surface area contributed by atoms with Crippen molar-refractivity contribution in [2.75, 3.05) is 33.4 Å². The second-order valence-electron chi connectivity index (χ2n) is 6.89. The summed E-state index contributed by atoms with van der Waals surface area (Å²) in [4.78, 5) is 15.2. The Bertz CT molecular complexity index is 744. The number of benzene rings is 2. The molecule has 2 aromatic carbocycles. The Hall–Kier alpha value is -2.37. The highest BCUT2D eigenvalue weighted by Crippen LogP contribution is 2.24. The lowest BCUT2D eigenvalue weighted by atomic mass is 9.89. The number of rotatable bonds is 8. The topological polar surface area (TPSA) is 59.0 Å². The molecular formula is C22H27NO4. The van der Waals surface area contributed by atoms with Gasteiger partial charge in [-0.05, 0) is 49.2 Å². The van der Waals surface area contributed by atoms with Gasteiger partial charge in [-0.1, -0.05) is 24.3 Å². The minimum Gasteiger partial charge on any atom is -0.497 e. The summed E-state index contributed by atoms with van der Waals surface area (Å²) in [6, 6.07) is 15.4. The maximum atomic E-state index is 12.9. The lowest BCUT2D eigenvalue weighted by Gasteiger charge is -2.32. The lowest BCUT2D eigenvalue weighted by molar-refractivity contribution is 0.0811. The Morgan fingerprint density at radius 2 is 2.00 bits per heavy atom. The second kappa shape index (κ2) is 9.53. The van der Waals surface area contributed by atoms with Crippen LogP contribution in [0.2, 0.25) is 0 Å². The Kier molecular flexibility index (Phi) is 6.85. The smallest absolute Gasteiger partial charge is 0.167 e. The van der Waals surface area contributed by atoms with Crippen LogP contribution in [0.5, 0.6) is 11.5 Å². The molecule has 1 saturated heterocycles. The number of aliphatic hydroxyl groups excluding tert-OH is 1. The molecule has 1 N–H and O–H groups in total. The van der Waals surface area contributed by atoms with Crippen LogP contribution in [0.4, 0.5) is 0 Å². The zero-order valence-corrected chi connectivity index (χ0v) is 15.8. The number of likely N-dealkylation sites (tertiary alicyclic amines) is 1. The molecular weight excluding hydrogens is 342 g/mol. The van der Waals surface area contributed by atoms with Gasteiger partial charge < -0.3 is 14.6 Å². The fourth-order valence-electron chi connectivity index (χ4n) is 3.54. The Balaban J connectivity index is 1.59. The highest BCUT2D eigenvalue weighted by molar-refractivity contribution is 5.98. The molecule has 1 aliphatic heterocycles. The van der Waals surface area contributed by atoms with Crippen molar-refractivity contribution in [3.8, 4) is 11.5 Å². The van der Waals surface area contributed by atoms with E-state index in [9.17, 15) is 4.79 Å². The molecule has 3 rings (SSSR count). The predicted molar refractivity (Wildman–Crippen MR) is 104 cm³/mol. The summed E-state index contributed by atoms with van der Waals surface area (Å²) in [6.45, 7) is 2.92. The maximum absolute atomic E-state index is 12.9. The first-order valence-corrected chi connectivity index (χ1v) is 9.43. The average molecular weight is 369 g/mol. The van der Waals surface area contributed by atoms with Crippen LogP contribution in [0.25, 0.3) is 0 Å². The van der Waals surface area contributed by atoms with E-state index in [0.717, 1.165) is 49.5 Å². The van der Waals surface area contributed by atoms with Gasteiger partial charge in [-0.25, -0.2) is 0 Å². The van der Waals surface area contributed by atoms with E-state index in [1.165, 1.54) is 5.56 Å². The monoisotopic (exact) mass is 369 g/mol. The number of carbonyl (C=O) groups is 1. The highest BCUT2D eigenvalue weighted by Gasteiger charge is 2.26. The largest absolute Gasteiger partial charge is 0.497 e. The number of hydrogen-bond donors (Lipinski definition) is 1. The quantitative estimate of drug-likeness (QED) is 0.725. The van der Waals surface area contributed by atoms with Gasteiger partial charge in [0.05, 0.1) is 13.7 Å². The van der Waals surface area contributed by atoms with Gasteiger partial charge in [0.25, 0.3) is 0 Å². The molecule has 27 heavy (non-hydrogen) atoms. The third kappa shape index (κ3) is 5.31. The lowest BCUT2D eigenvalue weighted by Crippen LogP contribution is -2.38. The average Bonchev–Trinajstić information content (AvgIpc) is 2.73. The molecule has 0 amide bonds. The summed E-state index contributed by atoms with van der Waals surface area (Å²) in [5, 5.41) is 8.81. The van der Waals surface area contributed by atoms with Crippen LogP contribution >= 0.6 is 0 Å². The first-order valence-electron chi connectivity index (χ1n) is 9.43. The molecule has 1 atom stereocenters. The van der Waals surface area contributed by atoms with Gasteiger partial charge in [0, 0.05) is 24.6 Å². The molecule has 0 aliphatic carbocycles. The molecule has 5 nitrogen and oxygen atoms in total. The van der Waals surface area contributed by atoms with Crippen molar-refractivity contribution >= 4 is 5.78 Å². The zero-order valence-electron chi connectivity index (χ0n) is 15.8. The van der Waals surface area contributed by atoms with E-state index in [4.69, 9.17) is 14.6 Å². The fraction of sp³-hybridized carbons (Fsp3) is 0.409. The molecule has 0 radical (unpaired) electrons. The van der Waals surface area contributed by atoms with Crippen molar-refractivity contribution in [1.29, 1.82) is 0 Å². The molecule has 0 spiro atoms. The molecule has 144 valence electrons. The number of methoxy groups -OCH3 is 1. The predicted octanol–water partition coefficient (Wildman–Crippen LogP) is 3.16.